The first-order valence-electron chi connectivity index (χ1n) is 14.4. The minimum absolute atomic E-state index is 0.507. The lowest BCUT2D eigenvalue weighted by Gasteiger charge is -2.72. The summed E-state index contributed by atoms with van der Waals surface area (Å²) in [4.78, 5) is 0. The highest BCUT2D eigenvalue weighted by molar-refractivity contribution is 5.41. The molecule has 0 aromatic heterocycles. The van der Waals surface area contributed by atoms with E-state index in [1.807, 2.05) is 0 Å². The fourth-order valence-corrected chi connectivity index (χ4v) is 11.9. The van der Waals surface area contributed by atoms with Gasteiger partial charge in [0.2, 0.25) is 0 Å². The Labute approximate surface area is 197 Å². The third kappa shape index (κ3) is 2.74. The van der Waals surface area contributed by atoms with E-state index in [0.29, 0.717) is 22.7 Å². The first-order chi connectivity index (χ1) is 15.3. The van der Waals surface area contributed by atoms with Gasteiger partial charge < -0.3 is 0 Å². The Bertz CT molecular complexity index is 867. The van der Waals surface area contributed by atoms with Crippen molar-refractivity contribution in [2.24, 2.45) is 40.4 Å². The van der Waals surface area contributed by atoms with Crippen molar-refractivity contribution in [2.45, 2.75) is 122 Å². The lowest BCUT2D eigenvalue weighted by molar-refractivity contribution is -0.205. The van der Waals surface area contributed by atoms with Gasteiger partial charge in [0.1, 0.15) is 0 Å². The fraction of sp³-hybridized carbons (Fsp3) is 0.812. The van der Waals surface area contributed by atoms with Crippen LogP contribution in [0.25, 0.3) is 0 Å². The Morgan fingerprint density at radius 3 is 1.62 bits per heavy atom. The third-order valence-corrected chi connectivity index (χ3v) is 12.2. The molecule has 32 heavy (non-hydrogen) atoms. The van der Waals surface area contributed by atoms with Gasteiger partial charge in [-0.3, -0.25) is 0 Å². The van der Waals surface area contributed by atoms with Gasteiger partial charge in [-0.25, -0.2) is 0 Å². The van der Waals surface area contributed by atoms with E-state index in [0.717, 1.165) is 35.0 Å². The van der Waals surface area contributed by atoms with E-state index in [4.69, 9.17) is 0 Å². The van der Waals surface area contributed by atoms with Crippen LogP contribution in [0, 0.1) is 40.4 Å². The van der Waals surface area contributed by atoms with Crippen molar-refractivity contribution in [3.8, 4) is 0 Å². The molecule has 0 saturated heterocycles. The Kier molecular flexibility index (Phi) is 4.29. The van der Waals surface area contributed by atoms with E-state index < -0.39 is 0 Å². The molecule has 2 atom stereocenters. The molecule has 0 radical (unpaired) electrons. The molecule has 0 nitrogen and oxygen atoms in total. The van der Waals surface area contributed by atoms with Gasteiger partial charge in [0, 0.05) is 0 Å². The maximum atomic E-state index is 2.72. The fourth-order valence-electron chi connectivity index (χ4n) is 11.9. The summed E-state index contributed by atoms with van der Waals surface area (Å²) < 4.78 is 0. The number of benzene rings is 1. The van der Waals surface area contributed by atoms with Crippen LogP contribution in [0.3, 0.4) is 0 Å². The molecule has 8 fully saturated rings. The molecule has 174 valence electrons. The van der Waals surface area contributed by atoms with E-state index in [-0.39, 0.29) is 0 Å². The first kappa shape index (κ1) is 20.6. The van der Waals surface area contributed by atoms with Crippen LogP contribution >= 0.6 is 0 Å². The van der Waals surface area contributed by atoms with E-state index in [9.17, 15) is 0 Å². The lowest BCUT2D eigenvalue weighted by Crippen LogP contribution is -2.63. The second kappa shape index (κ2) is 6.66. The highest BCUT2D eigenvalue weighted by Gasteiger charge is 2.67. The number of hydrogen-bond donors (Lipinski definition) is 0. The monoisotopic (exact) mass is 430 g/mol. The van der Waals surface area contributed by atoms with Crippen LogP contribution in [0.15, 0.2) is 18.2 Å². The molecule has 0 aliphatic heterocycles. The second-order valence-corrected chi connectivity index (χ2v) is 14.9. The SMILES string of the molecule is CC(C)c1ccc(C23CC4CC(C2)CC(C25CC6CC(CC(C6)C2)C5)(C4)C3)cc1C(C)C. The molecule has 0 heterocycles. The van der Waals surface area contributed by atoms with Crippen LogP contribution in [-0.4, -0.2) is 0 Å². The summed E-state index contributed by atoms with van der Waals surface area (Å²) in [6.45, 7) is 9.60. The van der Waals surface area contributed by atoms with Crippen molar-refractivity contribution < 1.29 is 0 Å². The zero-order chi connectivity index (χ0) is 21.9. The smallest absolute Gasteiger partial charge is 0.00361 e. The standard InChI is InChI=1S/C32H46/c1-20(2)28-6-5-27(11-29(28)21(3)4)30-12-25-10-26(13-30)18-32(17-25,19-30)31-14-22-7-23(15-31)9-24(8-22)16-31/h5-6,11,20-26H,7-10,12-19H2,1-4H3. The van der Waals surface area contributed by atoms with E-state index in [2.05, 4.69) is 45.9 Å². The molecule has 8 saturated carbocycles. The van der Waals surface area contributed by atoms with Gasteiger partial charge in [0.05, 0.1) is 0 Å². The van der Waals surface area contributed by atoms with Crippen molar-refractivity contribution in [3.05, 3.63) is 34.9 Å². The molecule has 8 bridgehead atoms. The molecule has 8 aliphatic carbocycles. The Morgan fingerprint density at radius 1 is 0.594 bits per heavy atom. The van der Waals surface area contributed by atoms with Crippen LogP contribution in [0.5, 0.6) is 0 Å². The summed E-state index contributed by atoms with van der Waals surface area (Å²) in [7, 11) is 0. The number of rotatable bonds is 4. The summed E-state index contributed by atoms with van der Waals surface area (Å²) in [5.74, 6) is 6.62. The molecule has 1 aromatic rings. The van der Waals surface area contributed by atoms with Gasteiger partial charge in [-0.15, -0.1) is 0 Å². The molecule has 0 spiro atoms. The van der Waals surface area contributed by atoms with Gasteiger partial charge >= 0.3 is 0 Å². The van der Waals surface area contributed by atoms with Crippen LogP contribution in [0.4, 0.5) is 0 Å². The Hall–Kier alpha value is -0.780. The zero-order valence-corrected chi connectivity index (χ0v) is 21.3. The van der Waals surface area contributed by atoms with Crippen LogP contribution in [0.2, 0.25) is 0 Å². The minimum Gasteiger partial charge on any atom is -0.0587 e. The van der Waals surface area contributed by atoms with E-state index in [1.54, 1.807) is 80.9 Å². The van der Waals surface area contributed by atoms with Gasteiger partial charge in [0.15, 0.2) is 0 Å². The zero-order valence-electron chi connectivity index (χ0n) is 21.3. The molecule has 9 rings (SSSR count). The average molecular weight is 431 g/mol. The molecule has 0 heteroatoms. The predicted octanol–water partition coefficient (Wildman–Crippen LogP) is 8.99. The molecule has 0 amide bonds. The van der Waals surface area contributed by atoms with Gasteiger partial charge in [0.25, 0.3) is 0 Å². The minimum atomic E-state index is 0.507. The summed E-state index contributed by atoms with van der Waals surface area (Å²) >= 11 is 0. The van der Waals surface area contributed by atoms with E-state index in [1.165, 1.54) is 12.8 Å². The maximum absolute atomic E-state index is 2.72. The van der Waals surface area contributed by atoms with Crippen molar-refractivity contribution in [1.29, 1.82) is 0 Å². The predicted molar refractivity (Wildman–Crippen MR) is 134 cm³/mol. The summed E-state index contributed by atoms with van der Waals surface area (Å²) in [6, 6.07) is 7.88. The van der Waals surface area contributed by atoms with Crippen molar-refractivity contribution >= 4 is 0 Å². The van der Waals surface area contributed by atoms with Crippen molar-refractivity contribution in [1.82, 2.24) is 0 Å². The van der Waals surface area contributed by atoms with Gasteiger partial charge in [-0.2, -0.15) is 0 Å². The van der Waals surface area contributed by atoms with Crippen LogP contribution in [0.1, 0.15) is 133 Å². The lowest BCUT2D eigenvalue weighted by atomic mass is 9.32. The molecule has 8 aliphatic rings. The average Bonchev–Trinajstić information content (AvgIpc) is 2.71. The summed E-state index contributed by atoms with van der Waals surface area (Å²) in [5, 5.41) is 0. The van der Waals surface area contributed by atoms with Crippen molar-refractivity contribution in [3.63, 3.8) is 0 Å². The van der Waals surface area contributed by atoms with E-state index >= 15 is 0 Å². The normalized spacial score (nSPS) is 48.4. The van der Waals surface area contributed by atoms with Crippen LogP contribution < -0.4 is 0 Å². The van der Waals surface area contributed by atoms with Crippen LogP contribution in [-0.2, 0) is 5.41 Å². The Balaban J connectivity index is 1.31. The highest BCUT2D eigenvalue weighted by atomic mass is 14.7. The molecular formula is C32H46. The molecule has 2 unspecified atom stereocenters. The Morgan fingerprint density at radius 2 is 1.09 bits per heavy atom. The van der Waals surface area contributed by atoms with Gasteiger partial charge in [-0.05, 0) is 151 Å². The first-order valence-corrected chi connectivity index (χ1v) is 14.4. The molecule has 0 N–H and O–H groups in total. The number of hydrogen-bond acceptors (Lipinski definition) is 0. The second-order valence-electron chi connectivity index (χ2n) is 14.9. The van der Waals surface area contributed by atoms with Gasteiger partial charge in [-0.1, -0.05) is 45.9 Å². The topological polar surface area (TPSA) is 0 Å². The third-order valence-electron chi connectivity index (χ3n) is 12.2. The highest BCUT2D eigenvalue weighted by Crippen LogP contribution is 2.77. The maximum Gasteiger partial charge on any atom is -0.00361 e. The largest absolute Gasteiger partial charge is 0.0587 e. The quantitative estimate of drug-likeness (QED) is 0.447. The summed E-state index contributed by atoms with van der Waals surface area (Å²) in [5.41, 5.74) is 6.95. The molecule has 1 aromatic carbocycles. The molecular weight excluding hydrogens is 384 g/mol. The van der Waals surface area contributed by atoms with Crippen molar-refractivity contribution in [2.75, 3.05) is 0 Å². The summed E-state index contributed by atoms with van der Waals surface area (Å²) in [6.07, 6.45) is 19.0.